The number of halogens is 3. The molecule has 0 unspecified atom stereocenters. The molecule has 0 aromatic heterocycles. The average molecular weight is 302 g/mol. The normalized spacial score (nSPS) is 11.5. The molecule has 0 N–H and O–H groups in total. The highest BCUT2D eigenvalue weighted by atomic mass is 35.5. The van der Waals surface area contributed by atoms with Gasteiger partial charge in [0.05, 0.1) is 21.4 Å². The van der Waals surface area contributed by atoms with Gasteiger partial charge in [0, 0.05) is 11.8 Å². The predicted molar refractivity (Wildman–Crippen MR) is 64.3 cm³/mol. The number of hydrogen-bond donors (Lipinski definition) is 0. The SMILES string of the molecule is CS(=O)(=O)c1ccc(C(=O)Cl)c(Cl)c1CCl. The summed E-state index contributed by atoms with van der Waals surface area (Å²) >= 11 is 16.8. The summed E-state index contributed by atoms with van der Waals surface area (Å²) in [7, 11) is -3.43. The molecule has 0 aliphatic heterocycles. The summed E-state index contributed by atoms with van der Waals surface area (Å²) in [5.74, 6) is -0.112. The number of hydrogen-bond acceptors (Lipinski definition) is 3. The number of rotatable bonds is 3. The lowest BCUT2D eigenvalue weighted by Crippen LogP contribution is -2.04. The fourth-order valence-corrected chi connectivity index (χ4v) is 3.17. The molecule has 0 aliphatic rings. The maximum absolute atomic E-state index is 11.4. The van der Waals surface area contributed by atoms with Crippen molar-refractivity contribution in [3.8, 4) is 0 Å². The van der Waals surface area contributed by atoms with E-state index >= 15 is 0 Å². The van der Waals surface area contributed by atoms with Crippen LogP contribution in [0.25, 0.3) is 0 Å². The molecule has 3 nitrogen and oxygen atoms in total. The molecule has 0 atom stereocenters. The Labute approximate surface area is 108 Å². The second-order valence-electron chi connectivity index (χ2n) is 3.08. The van der Waals surface area contributed by atoms with Crippen LogP contribution < -0.4 is 0 Å². The Morgan fingerprint density at radius 1 is 1.38 bits per heavy atom. The van der Waals surface area contributed by atoms with Crippen molar-refractivity contribution >= 4 is 49.9 Å². The van der Waals surface area contributed by atoms with E-state index in [0.717, 1.165) is 6.26 Å². The van der Waals surface area contributed by atoms with Crippen LogP contribution in [0.15, 0.2) is 17.0 Å². The zero-order valence-corrected chi connectivity index (χ0v) is 11.2. The van der Waals surface area contributed by atoms with Gasteiger partial charge in [-0.05, 0) is 23.7 Å². The van der Waals surface area contributed by atoms with Gasteiger partial charge in [-0.3, -0.25) is 4.79 Å². The standard InChI is InChI=1S/C9H7Cl3O3S/c1-16(14,15)7-3-2-5(9(12)13)8(11)6(7)4-10/h2-3H,4H2,1H3. The molecule has 0 saturated heterocycles. The second-order valence-corrected chi connectivity index (χ2v) is 6.06. The van der Waals surface area contributed by atoms with E-state index in [1.165, 1.54) is 12.1 Å². The molecule has 0 spiro atoms. The molecule has 88 valence electrons. The van der Waals surface area contributed by atoms with E-state index in [4.69, 9.17) is 34.8 Å². The highest BCUT2D eigenvalue weighted by Crippen LogP contribution is 2.30. The van der Waals surface area contributed by atoms with Gasteiger partial charge in [-0.25, -0.2) is 8.42 Å². The minimum Gasteiger partial charge on any atom is -0.276 e. The molecular weight excluding hydrogens is 295 g/mol. The Balaban J connectivity index is 3.60. The fourth-order valence-electron chi connectivity index (χ4n) is 1.23. The minimum atomic E-state index is -3.43. The van der Waals surface area contributed by atoms with Gasteiger partial charge in [0.25, 0.3) is 5.24 Å². The molecule has 7 heteroatoms. The summed E-state index contributed by atoms with van der Waals surface area (Å²) in [4.78, 5) is 11.0. The van der Waals surface area contributed by atoms with Gasteiger partial charge >= 0.3 is 0 Å². The van der Waals surface area contributed by atoms with Crippen LogP contribution in [0.5, 0.6) is 0 Å². The lowest BCUT2D eigenvalue weighted by Gasteiger charge is -2.09. The quantitative estimate of drug-likeness (QED) is 0.637. The monoisotopic (exact) mass is 300 g/mol. The van der Waals surface area contributed by atoms with Crippen molar-refractivity contribution < 1.29 is 13.2 Å². The summed E-state index contributed by atoms with van der Waals surface area (Å²) < 4.78 is 22.8. The smallest absolute Gasteiger partial charge is 0.253 e. The van der Waals surface area contributed by atoms with Gasteiger partial charge in [-0.1, -0.05) is 11.6 Å². The Morgan fingerprint density at radius 3 is 2.31 bits per heavy atom. The molecule has 1 rings (SSSR count). The Bertz CT molecular complexity index is 537. The lowest BCUT2D eigenvalue weighted by molar-refractivity contribution is 0.108. The fraction of sp³-hybridized carbons (Fsp3) is 0.222. The molecule has 0 saturated carbocycles. The molecule has 0 radical (unpaired) electrons. The van der Waals surface area contributed by atoms with Crippen molar-refractivity contribution in [2.75, 3.05) is 6.26 Å². The van der Waals surface area contributed by atoms with Crippen molar-refractivity contribution in [1.29, 1.82) is 0 Å². The summed E-state index contributed by atoms with van der Waals surface area (Å²) in [6.07, 6.45) is 1.04. The minimum absolute atomic E-state index is 0.00849. The first-order valence-electron chi connectivity index (χ1n) is 4.06. The van der Waals surface area contributed by atoms with E-state index in [2.05, 4.69) is 0 Å². The van der Waals surface area contributed by atoms with E-state index in [-0.39, 0.29) is 26.9 Å². The van der Waals surface area contributed by atoms with Crippen molar-refractivity contribution in [1.82, 2.24) is 0 Å². The molecule has 0 heterocycles. The molecule has 0 fully saturated rings. The molecule has 0 aliphatic carbocycles. The van der Waals surface area contributed by atoms with Gasteiger partial charge in [-0.15, -0.1) is 11.6 Å². The third-order valence-electron chi connectivity index (χ3n) is 1.95. The van der Waals surface area contributed by atoms with Crippen LogP contribution in [0.3, 0.4) is 0 Å². The first kappa shape index (κ1) is 13.8. The molecule has 0 bridgehead atoms. The first-order valence-corrected chi connectivity index (χ1v) is 7.24. The Kier molecular flexibility index (Phi) is 4.23. The highest BCUT2D eigenvalue weighted by Gasteiger charge is 2.20. The van der Waals surface area contributed by atoms with Crippen LogP contribution in [-0.2, 0) is 15.7 Å². The van der Waals surface area contributed by atoms with Crippen molar-refractivity contribution in [2.45, 2.75) is 10.8 Å². The van der Waals surface area contributed by atoms with Gasteiger partial charge in [0.1, 0.15) is 0 Å². The zero-order valence-electron chi connectivity index (χ0n) is 8.13. The van der Waals surface area contributed by atoms with Crippen LogP contribution in [0.1, 0.15) is 15.9 Å². The van der Waals surface area contributed by atoms with E-state index in [9.17, 15) is 13.2 Å². The van der Waals surface area contributed by atoms with Gasteiger partial charge in [0.2, 0.25) is 0 Å². The number of alkyl halides is 1. The number of benzene rings is 1. The van der Waals surface area contributed by atoms with Crippen molar-refractivity contribution in [2.24, 2.45) is 0 Å². The predicted octanol–water partition coefficient (Wildman–Crippen LogP) is 2.86. The molecule has 1 aromatic carbocycles. The van der Waals surface area contributed by atoms with Crippen LogP contribution in [0.2, 0.25) is 5.02 Å². The third kappa shape index (κ3) is 2.69. The Hall–Kier alpha value is -0.290. The van der Waals surface area contributed by atoms with E-state index in [0.29, 0.717) is 0 Å². The van der Waals surface area contributed by atoms with E-state index in [1.54, 1.807) is 0 Å². The molecule has 1 aromatic rings. The first-order chi connectivity index (χ1) is 7.29. The summed E-state index contributed by atoms with van der Waals surface area (Å²) in [5.41, 5.74) is 0.240. The second kappa shape index (κ2) is 4.92. The number of sulfone groups is 1. The number of carbonyl (C=O) groups is 1. The summed E-state index contributed by atoms with van der Waals surface area (Å²) in [5, 5.41) is -0.769. The molecule has 16 heavy (non-hydrogen) atoms. The molecule has 0 amide bonds. The zero-order chi connectivity index (χ0) is 12.5. The van der Waals surface area contributed by atoms with Crippen molar-refractivity contribution in [3.05, 3.63) is 28.3 Å². The van der Waals surface area contributed by atoms with Crippen LogP contribution in [-0.4, -0.2) is 19.9 Å². The van der Waals surface area contributed by atoms with Crippen LogP contribution in [0, 0.1) is 0 Å². The average Bonchev–Trinajstić information content (AvgIpc) is 2.15. The van der Waals surface area contributed by atoms with Gasteiger partial charge in [0.15, 0.2) is 9.84 Å². The molecular formula is C9H7Cl3O3S. The largest absolute Gasteiger partial charge is 0.276 e. The summed E-state index contributed by atoms with van der Waals surface area (Å²) in [6, 6.07) is 2.54. The number of carbonyl (C=O) groups excluding carboxylic acids is 1. The van der Waals surface area contributed by atoms with Crippen molar-refractivity contribution in [3.63, 3.8) is 0 Å². The lowest BCUT2D eigenvalue weighted by atomic mass is 10.1. The van der Waals surface area contributed by atoms with Crippen LogP contribution in [0.4, 0.5) is 0 Å². The van der Waals surface area contributed by atoms with Crippen LogP contribution >= 0.6 is 34.8 Å². The summed E-state index contributed by atoms with van der Waals surface area (Å²) in [6.45, 7) is 0. The maximum atomic E-state index is 11.4. The van der Waals surface area contributed by atoms with E-state index in [1.807, 2.05) is 0 Å². The maximum Gasteiger partial charge on any atom is 0.253 e. The topological polar surface area (TPSA) is 51.2 Å². The third-order valence-corrected chi connectivity index (χ3v) is 4.03. The Morgan fingerprint density at radius 2 is 1.94 bits per heavy atom. The highest BCUT2D eigenvalue weighted by molar-refractivity contribution is 7.90. The van der Waals surface area contributed by atoms with Gasteiger partial charge < -0.3 is 0 Å². The van der Waals surface area contributed by atoms with Gasteiger partial charge in [-0.2, -0.15) is 0 Å². The van der Waals surface area contributed by atoms with E-state index < -0.39 is 15.1 Å².